The standard InChI is InChI=1S/C24H27N5O2/c1-2-14-28-15-12-18(13-16-28)29-23(25)21(24(26)30)22(27-29)17-8-10-20(11-9-17)31-19-6-4-3-5-7-19/h2-11,18H,1,12-16,25H2,(H2,26,30). The first-order valence-corrected chi connectivity index (χ1v) is 10.4. The molecule has 1 aromatic heterocycles. The lowest BCUT2D eigenvalue weighted by atomic mass is 10.0. The third-order valence-electron chi connectivity index (χ3n) is 5.59. The summed E-state index contributed by atoms with van der Waals surface area (Å²) in [6.07, 6.45) is 3.72. The number of ether oxygens (including phenoxy) is 1. The smallest absolute Gasteiger partial charge is 0.254 e. The number of primary amides is 1. The first-order chi connectivity index (χ1) is 15.1. The summed E-state index contributed by atoms with van der Waals surface area (Å²) in [5, 5.41) is 4.72. The van der Waals surface area contributed by atoms with E-state index in [0.29, 0.717) is 17.3 Å². The highest BCUT2D eigenvalue weighted by molar-refractivity contribution is 6.03. The zero-order chi connectivity index (χ0) is 21.8. The van der Waals surface area contributed by atoms with Crippen LogP contribution < -0.4 is 16.2 Å². The van der Waals surface area contributed by atoms with E-state index >= 15 is 0 Å². The average molecular weight is 418 g/mol. The van der Waals surface area contributed by atoms with Crippen LogP contribution in [0.3, 0.4) is 0 Å². The highest BCUT2D eigenvalue weighted by Gasteiger charge is 2.27. The predicted molar refractivity (Wildman–Crippen MR) is 122 cm³/mol. The number of nitrogens with two attached hydrogens (primary N) is 2. The molecular formula is C24H27N5O2. The Morgan fingerprint density at radius 1 is 1.10 bits per heavy atom. The topological polar surface area (TPSA) is 99.4 Å². The van der Waals surface area contributed by atoms with Gasteiger partial charge in [0.1, 0.15) is 28.6 Å². The molecule has 160 valence electrons. The number of para-hydroxylation sites is 1. The Hall–Kier alpha value is -3.58. The van der Waals surface area contributed by atoms with Crippen molar-refractivity contribution in [1.82, 2.24) is 14.7 Å². The van der Waals surface area contributed by atoms with Gasteiger partial charge in [-0.15, -0.1) is 6.58 Å². The van der Waals surface area contributed by atoms with Gasteiger partial charge in [0.15, 0.2) is 0 Å². The van der Waals surface area contributed by atoms with E-state index in [1.807, 2.05) is 60.7 Å². The van der Waals surface area contributed by atoms with Gasteiger partial charge in [0, 0.05) is 25.2 Å². The molecule has 7 nitrogen and oxygen atoms in total. The number of carbonyl (C=O) groups excluding carboxylic acids is 1. The summed E-state index contributed by atoms with van der Waals surface area (Å²) in [7, 11) is 0. The quantitative estimate of drug-likeness (QED) is 0.569. The molecule has 0 atom stereocenters. The second-order valence-corrected chi connectivity index (χ2v) is 7.68. The van der Waals surface area contributed by atoms with Crippen molar-refractivity contribution in [1.29, 1.82) is 0 Å². The van der Waals surface area contributed by atoms with E-state index in [2.05, 4.69) is 11.5 Å². The monoisotopic (exact) mass is 417 g/mol. The van der Waals surface area contributed by atoms with Gasteiger partial charge in [0.05, 0.1) is 6.04 Å². The van der Waals surface area contributed by atoms with Crippen molar-refractivity contribution >= 4 is 11.7 Å². The summed E-state index contributed by atoms with van der Waals surface area (Å²) in [6, 6.07) is 17.1. The Balaban J connectivity index is 1.59. The number of aromatic nitrogens is 2. The van der Waals surface area contributed by atoms with Crippen molar-refractivity contribution < 1.29 is 9.53 Å². The van der Waals surface area contributed by atoms with E-state index < -0.39 is 5.91 Å². The molecule has 1 fully saturated rings. The van der Waals surface area contributed by atoms with E-state index in [1.54, 1.807) is 4.68 Å². The molecule has 31 heavy (non-hydrogen) atoms. The predicted octanol–water partition coefficient (Wildman–Crippen LogP) is 3.85. The minimum atomic E-state index is -0.576. The van der Waals surface area contributed by atoms with Crippen LogP contribution in [-0.2, 0) is 0 Å². The van der Waals surface area contributed by atoms with Crippen molar-refractivity contribution in [2.45, 2.75) is 18.9 Å². The van der Waals surface area contributed by atoms with Crippen LogP contribution in [0, 0.1) is 0 Å². The number of nitrogens with zero attached hydrogens (tertiary/aromatic N) is 3. The fourth-order valence-electron chi connectivity index (χ4n) is 4.01. The highest BCUT2D eigenvalue weighted by atomic mass is 16.5. The number of nitrogen functional groups attached to an aromatic ring is 1. The number of hydrogen-bond donors (Lipinski definition) is 2. The summed E-state index contributed by atoms with van der Waals surface area (Å²) in [6.45, 7) is 6.54. The van der Waals surface area contributed by atoms with Gasteiger partial charge >= 0.3 is 0 Å². The van der Waals surface area contributed by atoms with Crippen LogP contribution in [0.2, 0.25) is 0 Å². The molecule has 1 amide bonds. The summed E-state index contributed by atoms with van der Waals surface area (Å²) < 4.78 is 7.62. The minimum absolute atomic E-state index is 0.133. The SMILES string of the molecule is C=CCN1CCC(n2nc(-c3ccc(Oc4ccccc4)cc3)c(C(N)=O)c2N)CC1. The molecule has 3 aromatic rings. The lowest BCUT2D eigenvalue weighted by molar-refractivity contribution is 0.100. The maximum atomic E-state index is 12.2. The average Bonchev–Trinajstić information content (AvgIpc) is 3.13. The fourth-order valence-corrected chi connectivity index (χ4v) is 4.01. The first-order valence-electron chi connectivity index (χ1n) is 10.4. The lowest BCUT2D eigenvalue weighted by Gasteiger charge is -2.31. The zero-order valence-electron chi connectivity index (χ0n) is 17.4. The fraction of sp³-hybridized carbons (Fsp3) is 0.250. The van der Waals surface area contributed by atoms with Gasteiger partial charge in [0.25, 0.3) is 5.91 Å². The molecule has 7 heteroatoms. The van der Waals surface area contributed by atoms with Gasteiger partial charge in [-0.3, -0.25) is 9.69 Å². The second kappa shape index (κ2) is 9.06. The molecule has 0 unspecified atom stereocenters. The number of carbonyl (C=O) groups is 1. The molecule has 2 heterocycles. The van der Waals surface area contributed by atoms with Crippen LogP contribution in [0.1, 0.15) is 29.2 Å². The molecule has 0 saturated carbocycles. The molecule has 1 aliphatic rings. The van der Waals surface area contributed by atoms with Crippen LogP contribution in [0.15, 0.2) is 67.3 Å². The number of anilines is 1. The summed E-state index contributed by atoms with van der Waals surface area (Å²) in [5.41, 5.74) is 13.6. The number of likely N-dealkylation sites (tertiary alicyclic amines) is 1. The summed E-state index contributed by atoms with van der Waals surface area (Å²) in [5.74, 6) is 1.20. The third-order valence-corrected chi connectivity index (χ3v) is 5.59. The molecule has 1 aliphatic heterocycles. The molecule has 0 bridgehead atoms. The molecule has 1 saturated heterocycles. The number of benzene rings is 2. The van der Waals surface area contributed by atoms with E-state index in [-0.39, 0.29) is 11.6 Å². The zero-order valence-corrected chi connectivity index (χ0v) is 17.4. The number of hydrogen-bond acceptors (Lipinski definition) is 5. The van der Waals surface area contributed by atoms with Crippen molar-refractivity contribution in [3.63, 3.8) is 0 Å². The maximum Gasteiger partial charge on any atom is 0.254 e. The van der Waals surface area contributed by atoms with Gasteiger partial charge in [-0.05, 0) is 49.2 Å². The first kappa shape index (κ1) is 20.7. The van der Waals surface area contributed by atoms with Crippen LogP contribution in [0.25, 0.3) is 11.3 Å². The van der Waals surface area contributed by atoms with Gasteiger partial charge in [-0.2, -0.15) is 5.10 Å². The Morgan fingerprint density at radius 3 is 2.35 bits per heavy atom. The lowest BCUT2D eigenvalue weighted by Crippen LogP contribution is -2.35. The molecule has 4 rings (SSSR count). The van der Waals surface area contributed by atoms with Crippen molar-refractivity contribution in [2.75, 3.05) is 25.4 Å². The van der Waals surface area contributed by atoms with Gasteiger partial charge in [0.2, 0.25) is 0 Å². The van der Waals surface area contributed by atoms with Gasteiger partial charge in [-0.1, -0.05) is 24.3 Å². The number of amides is 1. The van der Waals surface area contributed by atoms with Crippen molar-refractivity contribution in [3.05, 3.63) is 72.8 Å². The summed E-state index contributed by atoms with van der Waals surface area (Å²) in [4.78, 5) is 14.5. The van der Waals surface area contributed by atoms with Crippen LogP contribution in [0.5, 0.6) is 11.5 Å². The molecule has 4 N–H and O–H groups in total. The van der Waals surface area contributed by atoms with E-state index in [0.717, 1.165) is 43.8 Å². The molecule has 0 radical (unpaired) electrons. The molecule has 0 aliphatic carbocycles. The molecular weight excluding hydrogens is 390 g/mol. The minimum Gasteiger partial charge on any atom is -0.457 e. The maximum absolute atomic E-state index is 12.2. The van der Waals surface area contributed by atoms with E-state index in [9.17, 15) is 4.79 Å². The summed E-state index contributed by atoms with van der Waals surface area (Å²) >= 11 is 0. The Kier molecular flexibility index (Phi) is 6.04. The largest absolute Gasteiger partial charge is 0.457 e. The van der Waals surface area contributed by atoms with Gasteiger partial charge < -0.3 is 16.2 Å². The Labute approximate surface area is 181 Å². The van der Waals surface area contributed by atoms with Crippen LogP contribution in [-0.4, -0.2) is 40.2 Å². The Bertz CT molecular complexity index is 1050. The van der Waals surface area contributed by atoms with E-state index in [4.69, 9.17) is 21.3 Å². The number of piperidine rings is 1. The number of rotatable bonds is 7. The third kappa shape index (κ3) is 4.46. The van der Waals surface area contributed by atoms with E-state index in [1.165, 1.54) is 0 Å². The second-order valence-electron chi connectivity index (χ2n) is 7.68. The Morgan fingerprint density at radius 2 is 1.74 bits per heavy atom. The normalized spacial score (nSPS) is 15.0. The molecule has 2 aromatic carbocycles. The molecule has 0 spiro atoms. The van der Waals surface area contributed by atoms with Gasteiger partial charge in [-0.25, -0.2) is 4.68 Å². The van der Waals surface area contributed by atoms with Crippen molar-refractivity contribution in [2.24, 2.45) is 5.73 Å². The van der Waals surface area contributed by atoms with Crippen molar-refractivity contribution in [3.8, 4) is 22.8 Å². The highest BCUT2D eigenvalue weighted by Crippen LogP contribution is 2.33. The van der Waals surface area contributed by atoms with Crippen LogP contribution in [0.4, 0.5) is 5.82 Å². The van der Waals surface area contributed by atoms with Crippen LogP contribution >= 0.6 is 0 Å².